The maximum atomic E-state index is 11.6. The summed E-state index contributed by atoms with van der Waals surface area (Å²) >= 11 is 0. The predicted octanol–water partition coefficient (Wildman–Crippen LogP) is 2.13. The first-order chi connectivity index (χ1) is 10.3. The molecule has 2 N–H and O–H groups in total. The van der Waals surface area contributed by atoms with Crippen LogP contribution in [0.3, 0.4) is 0 Å². The number of nitrogens with zero attached hydrogens (tertiary/aromatic N) is 3. The van der Waals surface area contributed by atoms with Crippen LogP contribution in [0.1, 0.15) is 10.4 Å². The zero-order chi connectivity index (χ0) is 14.7. The van der Waals surface area contributed by atoms with Gasteiger partial charge < -0.3 is 10.6 Å². The fourth-order valence-corrected chi connectivity index (χ4v) is 2.21. The molecule has 0 saturated heterocycles. The number of allylic oxidation sites excluding steroid dienone is 2. The van der Waals surface area contributed by atoms with Crippen LogP contribution in [0.4, 0.5) is 5.82 Å². The summed E-state index contributed by atoms with van der Waals surface area (Å²) < 4.78 is 0. The second-order valence-electron chi connectivity index (χ2n) is 4.61. The van der Waals surface area contributed by atoms with Crippen LogP contribution in [0.5, 0.6) is 0 Å². The lowest BCUT2D eigenvalue weighted by atomic mass is 10.0. The lowest BCUT2D eigenvalue weighted by Gasteiger charge is -2.20. The van der Waals surface area contributed by atoms with E-state index < -0.39 is 5.91 Å². The molecule has 0 radical (unpaired) electrons. The van der Waals surface area contributed by atoms with Crippen molar-refractivity contribution in [3.63, 3.8) is 0 Å². The molecule has 0 unspecified atom stereocenters. The highest BCUT2D eigenvalue weighted by Gasteiger charge is 2.14. The third-order valence-corrected chi connectivity index (χ3v) is 3.26. The molecule has 0 fully saturated rings. The van der Waals surface area contributed by atoms with Crippen LogP contribution in [-0.2, 0) is 0 Å². The third-order valence-electron chi connectivity index (χ3n) is 3.26. The lowest BCUT2D eigenvalue weighted by Crippen LogP contribution is -2.20. The number of pyridine rings is 2. The van der Waals surface area contributed by atoms with E-state index in [4.69, 9.17) is 5.73 Å². The van der Waals surface area contributed by atoms with E-state index in [1.165, 1.54) is 6.20 Å². The van der Waals surface area contributed by atoms with Crippen molar-refractivity contribution < 1.29 is 4.79 Å². The summed E-state index contributed by atoms with van der Waals surface area (Å²) in [5.74, 6) is 0.280. The van der Waals surface area contributed by atoms with E-state index >= 15 is 0 Å². The average Bonchev–Trinajstić information content (AvgIpc) is 2.56. The summed E-state index contributed by atoms with van der Waals surface area (Å²) in [5.41, 5.74) is 7.50. The molecule has 0 aromatic carbocycles. The van der Waals surface area contributed by atoms with E-state index in [9.17, 15) is 4.79 Å². The molecule has 0 aliphatic carbocycles. The molecule has 104 valence electrons. The highest BCUT2D eigenvalue weighted by Crippen LogP contribution is 2.27. The summed E-state index contributed by atoms with van der Waals surface area (Å²) in [6.45, 7) is 0.745. The van der Waals surface area contributed by atoms with Crippen molar-refractivity contribution >= 4 is 11.7 Å². The minimum Gasteiger partial charge on any atom is -0.366 e. The minimum atomic E-state index is -0.491. The van der Waals surface area contributed by atoms with Crippen LogP contribution in [-0.4, -0.2) is 22.4 Å². The summed E-state index contributed by atoms with van der Waals surface area (Å²) in [6, 6.07) is 5.56. The van der Waals surface area contributed by atoms with Gasteiger partial charge in [-0.05, 0) is 35.4 Å². The van der Waals surface area contributed by atoms with Gasteiger partial charge in [0.15, 0.2) is 0 Å². The lowest BCUT2D eigenvalue weighted by molar-refractivity contribution is 0.100. The Kier molecular flexibility index (Phi) is 3.47. The Labute approximate surface area is 122 Å². The summed E-state index contributed by atoms with van der Waals surface area (Å²) in [6.07, 6.45) is 12.8. The van der Waals surface area contributed by atoms with Crippen molar-refractivity contribution in [3.05, 3.63) is 66.8 Å². The zero-order valence-electron chi connectivity index (χ0n) is 11.3. The molecule has 1 amide bonds. The van der Waals surface area contributed by atoms with Crippen molar-refractivity contribution in [1.29, 1.82) is 0 Å². The summed E-state index contributed by atoms with van der Waals surface area (Å²) in [7, 11) is 0. The Hall–Kier alpha value is -2.95. The maximum Gasteiger partial charge on any atom is 0.250 e. The number of anilines is 1. The second-order valence-corrected chi connectivity index (χ2v) is 4.61. The van der Waals surface area contributed by atoms with Crippen molar-refractivity contribution in [2.75, 3.05) is 11.4 Å². The van der Waals surface area contributed by atoms with Gasteiger partial charge in [0.1, 0.15) is 5.82 Å². The van der Waals surface area contributed by atoms with Gasteiger partial charge in [-0.25, -0.2) is 4.98 Å². The van der Waals surface area contributed by atoms with E-state index in [1.807, 2.05) is 47.5 Å². The quantitative estimate of drug-likeness (QED) is 0.933. The monoisotopic (exact) mass is 278 g/mol. The standard InChI is InChI=1S/C16H14N4O/c17-16(21)14-11-19-15(20-8-2-1-3-9-20)10-13(14)12-4-6-18-7-5-12/h1-8,10-11H,9H2,(H2,17,21). The van der Waals surface area contributed by atoms with E-state index in [-0.39, 0.29) is 0 Å². The maximum absolute atomic E-state index is 11.6. The van der Waals surface area contributed by atoms with Crippen LogP contribution in [0, 0.1) is 0 Å². The van der Waals surface area contributed by atoms with Crippen LogP contribution in [0.15, 0.2) is 61.2 Å². The topological polar surface area (TPSA) is 72.1 Å². The SMILES string of the molecule is NC(=O)c1cnc(N2C=CC=CC2)cc1-c1ccncc1. The molecule has 5 nitrogen and oxygen atoms in total. The largest absolute Gasteiger partial charge is 0.366 e. The first-order valence-corrected chi connectivity index (χ1v) is 6.56. The first-order valence-electron chi connectivity index (χ1n) is 6.56. The van der Waals surface area contributed by atoms with E-state index in [0.29, 0.717) is 5.56 Å². The normalized spacial score (nSPS) is 13.4. The molecular formula is C16H14N4O. The van der Waals surface area contributed by atoms with E-state index in [0.717, 1.165) is 23.5 Å². The van der Waals surface area contributed by atoms with Gasteiger partial charge in [-0.3, -0.25) is 9.78 Å². The molecule has 2 aromatic heterocycles. The van der Waals surface area contributed by atoms with Gasteiger partial charge in [-0.15, -0.1) is 0 Å². The van der Waals surface area contributed by atoms with Gasteiger partial charge in [0, 0.05) is 31.3 Å². The molecular weight excluding hydrogens is 264 g/mol. The number of rotatable bonds is 3. The summed E-state index contributed by atoms with van der Waals surface area (Å²) in [4.78, 5) is 21.9. The van der Waals surface area contributed by atoms with E-state index in [1.54, 1.807) is 12.4 Å². The summed E-state index contributed by atoms with van der Waals surface area (Å²) in [5, 5.41) is 0. The molecule has 0 bridgehead atoms. The van der Waals surface area contributed by atoms with Crippen molar-refractivity contribution in [2.24, 2.45) is 5.73 Å². The van der Waals surface area contributed by atoms with Gasteiger partial charge in [-0.2, -0.15) is 0 Å². The Balaban J connectivity index is 2.09. The Morgan fingerprint density at radius 1 is 1.24 bits per heavy atom. The zero-order valence-corrected chi connectivity index (χ0v) is 11.3. The fraction of sp³-hybridized carbons (Fsp3) is 0.0625. The Morgan fingerprint density at radius 3 is 2.71 bits per heavy atom. The van der Waals surface area contributed by atoms with Crippen molar-refractivity contribution in [3.8, 4) is 11.1 Å². The van der Waals surface area contributed by atoms with Crippen LogP contribution >= 0.6 is 0 Å². The minimum absolute atomic E-state index is 0.404. The number of amides is 1. The predicted molar refractivity (Wildman–Crippen MR) is 81.6 cm³/mol. The Bertz CT molecular complexity index is 722. The molecule has 1 aliphatic heterocycles. The van der Waals surface area contributed by atoms with Gasteiger partial charge in [0.05, 0.1) is 5.56 Å². The Morgan fingerprint density at radius 2 is 2.05 bits per heavy atom. The smallest absolute Gasteiger partial charge is 0.250 e. The van der Waals surface area contributed by atoms with Gasteiger partial charge in [-0.1, -0.05) is 12.2 Å². The number of primary amides is 1. The number of nitrogens with two attached hydrogens (primary N) is 1. The number of hydrogen-bond donors (Lipinski definition) is 1. The molecule has 21 heavy (non-hydrogen) atoms. The molecule has 3 heterocycles. The van der Waals surface area contributed by atoms with Crippen LogP contribution in [0.2, 0.25) is 0 Å². The highest BCUT2D eigenvalue weighted by molar-refractivity contribution is 6.00. The molecule has 1 aliphatic rings. The molecule has 3 rings (SSSR count). The molecule has 0 saturated carbocycles. The number of carbonyl (C=O) groups is 1. The molecule has 2 aromatic rings. The average molecular weight is 278 g/mol. The van der Waals surface area contributed by atoms with Gasteiger partial charge in [0.25, 0.3) is 5.91 Å². The second kappa shape index (κ2) is 5.58. The number of carbonyl (C=O) groups excluding carboxylic acids is 1. The molecule has 0 atom stereocenters. The molecule has 5 heteroatoms. The fourth-order valence-electron chi connectivity index (χ4n) is 2.21. The van der Waals surface area contributed by atoms with E-state index in [2.05, 4.69) is 9.97 Å². The van der Waals surface area contributed by atoms with Crippen molar-refractivity contribution in [1.82, 2.24) is 9.97 Å². The first kappa shape index (κ1) is 13.1. The van der Waals surface area contributed by atoms with Crippen LogP contribution in [0.25, 0.3) is 11.1 Å². The highest BCUT2D eigenvalue weighted by atomic mass is 16.1. The van der Waals surface area contributed by atoms with Gasteiger partial charge in [0.2, 0.25) is 0 Å². The van der Waals surface area contributed by atoms with Crippen molar-refractivity contribution in [2.45, 2.75) is 0 Å². The van der Waals surface area contributed by atoms with Crippen LogP contribution < -0.4 is 10.6 Å². The number of hydrogen-bond acceptors (Lipinski definition) is 4. The third kappa shape index (κ3) is 2.67. The molecule has 0 spiro atoms. The number of aromatic nitrogens is 2. The van der Waals surface area contributed by atoms with Gasteiger partial charge >= 0.3 is 0 Å².